The Bertz CT molecular complexity index is 637. The van der Waals surface area contributed by atoms with E-state index < -0.39 is 7.12 Å². The van der Waals surface area contributed by atoms with Crippen molar-refractivity contribution in [3.05, 3.63) is 12.3 Å². The van der Waals surface area contributed by atoms with Gasteiger partial charge in [-0.15, -0.1) is 5.10 Å². The third kappa shape index (κ3) is 1.89. The van der Waals surface area contributed by atoms with Crippen molar-refractivity contribution in [2.45, 2.75) is 38.9 Å². The zero-order valence-corrected chi connectivity index (χ0v) is 12.4. The van der Waals surface area contributed by atoms with Crippen molar-refractivity contribution >= 4 is 23.6 Å². The number of rotatable bonds is 2. The van der Waals surface area contributed by atoms with Gasteiger partial charge in [-0.05, 0) is 33.8 Å². The molecule has 3 heterocycles. The molecule has 20 heavy (non-hydrogen) atoms. The lowest BCUT2D eigenvalue weighted by Crippen LogP contribution is -2.41. The second kappa shape index (κ2) is 4.20. The van der Waals surface area contributed by atoms with Crippen molar-refractivity contribution in [1.29, 1.82) is 0 Å². The number of fused-ring (bicyclic) bond motifs is 1. The second-order valence-corrected chi connectivity index (χ2v) is 5.99. The van der Waals surface area contributed by atoms with Crippen LogP contribution >= 0.6 is 0 Å². The van der Waals surface area contributed by atoms with E-state index in [1.54, 1.807) is 13.3 Å². The lowest BCUT2D eigenvalue weighted by atomic mass is 9.80. The van der Waals surface area contributed by atoms with Crippen molar-refractivity contribution in [1.82, 2.24) is 15.2 Å². The Balaban J connectivity index is 1.99. The first-order valence-corrected chi connectivity index (χ1v) is 6.58. The van der Waals surface area contributed by atoms with Gasteiger partial charge in [-0.25, -0.2) is 4.98 Å². The molecular formula is C13H18BN3O3. The van der Waals surface area contributed by atoms with Crippen LogP contribution in [0.4, 0.5) is 0 Å². The quantitative estimate of drug-likeness (QED) is 0.836. The van der Waals surface area contributed by atoms with Gasteiger partial charge >= 0.3 is 7.12 Å². The fourth-order valence-electron chi connectivity index (χ4n) is 2.16. The van der Waals surface area contributed by atoms with Crippen LogP contribution in [-0.2, 0) is 9.31 Å². The molecular weight excluding hydrogens is 257 g/mol. The molecule has 0 atom stereocenters. The highest BCUT2D eigenvalue weighted by molar-refractivity contribution is 6.62. The molecule has 2 aromatic rings. The van der Waals surface area contributed by atoms with E-state index in [9.17, 15) is 0 Å². The fourth-order valence-corrected chi connectivity index (χ4v) is 2.16. The molecule has 0 spiro atoms. The Morgan fingerprint density at radius 1 is 1.20 bits per heavy atom. The summed E-state index contributed by atoms with van der Waals surface area (Å²) < 4.78 is 17.2. The van der Waals surface area contributed by atoms with Gasteiger partial charge in [-0.1, -0.05) is 0 Å². The summed E-state index contributed by atoms with van der Waals surface area (Å²) in [6.07, 6.45) is 1.74. The predicted octanol–water partition coefficient (Wildman–Crippen LogP) is 1.27. The molecule has 0 amide bonds. The van der Waals surface area contributed by atoms with E-state index in [2.05, 4.69) is 15.2 Å². The SMILES string of the molecule is COc1n[nH]c2ncc(B3OC(C)(C)C(C)(C)O3)cc12. The van der Waals surface area contributed by atoms with Crippen molar-refractivity contribution in [2.75, 3.05) is 7.11 Å². The number of aromatic nitrogens is 3. The molecule has 1 fully saturated rings. The number of nitrogens with one attached hydrogen (secondary N) is 1. The lowest BCUT2D eigenvalue weighted by molar-refractivity contribution is 0.00578. The molecule has 0 aromatic carbocycles. The van der Waals surface area contributed by atoms with Crippen LogP contribution in [0.2, 0.25) is 0 Å². The standard InChI is InChI=1S/C13H18BN3O3/c1-12(2)13(3,4)20-14(19-12)8-6-9-10(15-7-8)16-17-11(9)18-5/h6-7H,1-5H3,(H,15,16,17). The van der Waals surface area contributed by atoms with Crippen molar-refractivity contribution in [3.8, 4) is 5.88 Å². The summed E-state index contributed by atoms with van der Waals surface area (Å²) >= 11 is 0. The zero-order valence-electron chi connectivity index (χ0n) is 12.4. The molecule has 1 N–H and O–H groups in total. The molecule has 7 heteroatoms. The maximum atomic E-state index is 6.02. The number of methoxy groups -OCH3 is 1. The smallest absolute Gasteiger partial charge is 0.479 e. The number of pyridine rings is 1. The molecule has 6 nitrogen and oxygen atoms in total. The van der Waals surface area contributed by atoms with Crippen LogP contribution in [0.1, 0.15) is 27.7 Å². The Hall–Kier alpha value is -1.60. The van der Waals surface area contributed by atoms with Crippen LogP contribution in [0.15, 0.2) is 12.3 Å². The van der Waals surface area contributed by atoms with Gasteiger partial charge in [-0.2, -0.15) is 0 Å². The van der Waals surface area contributed by atoms with Crippen molar-refractivity contribution < 1.29 is 14.0 Å². The maximum absolute atomic E-state index is 6.02. The summed E-state index contributed by atoms with van der Waals surface area (Å²) in [6, 6.07) is 1.94. The molecule has 3 rings (SSSR count). The molecule has 0 aliphatic carbocycles. The predicted molar refractivity (Wildman–Crippen MR) is 76.2 cm³/mol. The van der Waals surface area contributed by atoms with Crippen LogP contribution in [0, 0.1) is 0 Å². The summed E-state index contributed by atoms with van der Waals surface area (Å²) in [6.45, 7) is 8.10. The average Bonchev–Trinajstić information content (AvgIpc) is 2.87. The number of hydrogen-bond donors (Lipinski definition) is 1. The average molecular weight is 275 g/mol. The first kappa shape index (κ1) is 13.4. The molecule has 1 saturated heterocycles. The van der Waals surface area contributed by atoms with E-state index in [4.69, 9.17) is 14.0 Å². The summed E-state index contributed by atoms with van der Waals surface area (Å²) in [5, 5.41) is 7.69. The molecule has 0 unspecified atom stereocenters. The summed E-state index contributed by atoms with van der Waals surface area (Å²) in [4.78, 5) is 4.33. The normalized spacial score (nSPS) is 20.6. The highest BCUT2D eigenvalue weighted by atomic mass is 16.7. The zero-order chi connectivity index (χ0) is 14.5. The van der Waals surface area contributed by atoms with E-state index >= 15 is 0 Å². The van der Waals surface area contributed by atoms with Gasteiger partial charge < -0.3 is 14.0 Å². The van der Waals surface area contributed by atoms with Gasteiger partial charge in [0.15, 0.2) is 5.65 Å². The minimum Gasteiger partial charge on any atom is -0.479 e. The van der Waals surface area contributed by atoms with Crippen LogP contribution in [0.3, 0.4) is 0 Å². The Morgan fingerprint density at radius 2 is 1.85 bits per heavy atom. The summed E-state index contributed by atoms with van der Waals surface area (Å²) in [5.41, 5.74) is 0.804. The Morgan fingerprint density at radius 3 is 2.45 bits per heavy atom. The third-order valence-corrected chi connectivity index (χ3v) is 4.12. The van der Waals surface area contributed by atoms with Crippen LogP contribution in [0.25, 0.3) is 11.0 Å². The number of ether oxygens (including phenoxy) is 1. The van der Waals surface area contributed by atoms with Crippen molar-refractivity contribution in [2.24, 2.45) is 0 Å². The van der Waals surface area contributed by atoms with Crippen molar-refractivity contribution in [3.63, 3.8) is 0 Å². The minimum atomic E-state index is -0.434. The molecule has 0 radical (unpaired) electrons. The van der Waals surface area contributed by atoms with Crippen LogP contribution < -0.4 is 10.2 Å². The first-order chi connectivity index (χ1) is 9.34. The Kier molecular flexibility index (Phi) is 2.81. The van der Waals surface area contributed by atoms with Gasteiger partial charge in [0.05, 0.1) is 23.7 Å². The van der Waals surface area contributed by atoms with Gasteiger partial charge in [0.25, 0.3) is 0 Å². The van der Waals surface area contributed by atoms with Crippen LogP contribution in [0.5, 0.6) is 5.88 Å². The number of nitrogens with zero attached hydrogens (tertiary/aromatic N) is 2. The maximum Gasteiger partial charge on any atom is 0.496 e. The monoisotopic (exact) mass is 275 g/mol. The van der Waals surface area contributed by atoms with Gasteiger partial charge in [0.2, 0.25) is 5.88 Å². The van der Waals surface area contributed by atoms with E-state index in [0.29, 0.717) is 11.5 Å². The minimum absolute atomic E-state index is 0.368. The van der Waals surface area contributed by atoms with Gasteiger partial charge in [-0.3, -0.25) is 5.10 Å². The first-order valence-electron chi connectivity index (χ1n) is 6.58. The Labute approximate surface area is 118 Å². The topological polar surface area (TPSA) is 69.3 Å². The molecule has 106 valence electrons. The van der Waals surface area contributed by atoms with Gasteiger partial charge in [0, 0.05) is 11.7 Å². The van der Waals surface area contributed by atoms with E-state index in [-0.39, 0.29) is 11.2 Å². The lowest BCUT2D eigenvalue weighted by Gasteiger charge is -2.32. The molecule has 0 bridgehead atoms. The molecule has 0 saturated carbocycles. The highest BCUT2D eigenvalue weighted by Gasteiger charge is 2.51. The highest BCUT2D eigenvalue weighted by Crippen LogP contribution is 2.36. The third-order valence-electron chi connectivity index (χ3n) is 4.12. The summed E-state index contributed by atoms with van der Waals surface area (Å²) in [5.74, 6) is 0.519. The fraction of sp³-hybridized carbons (Fsp3) is 0.538. The second-order valence-electron chi connectivity index (χ2n) is 5.99. The molecule has 1 aliphatic rings. The molecule has 1 aliphatic heterocycles. The number of aromatic amines is 1. The number of H-pyrrole nitrogens is 1. The van der Waals surface area contributed by atoms with Crippen LogP contribution in [-0.4, -0.2) is 40.6 Å². The van der Waals surface area contributed by atoms with E-state index in [0.717, 1.165) is 10.8 Å². The van der Waals surface area contributed by atoms with Gasteiger partial charge in [0.1, 0.15) is 0 Å². The number of hydrogen-bond acceptors (Lipinski definition) is 5. The largest absolute Gasteiger partial charge is 0.496 e. The molecule has 2 aromatic heterocycles. The van der Waals surface area contributed by atoms with E-state index in [1.165, 1.54) is 0 Å². The summed E-state index contributed by atoms with van der Waals surface area (Å²) in [7, 11) is 1.15. The van der Waals surface area contributed by atoms with E-state index in [1.807, 2.05) is 33.8 Å².